The van der Waals surface area contributed by atoms with Crippen molar-refractivity contribution in [1.82, 2.24) is 103 Å². The van der Waals surface area contributed by atoms with Crippen LogP contribution in [0.5, 0.6) is 0 Å². The van der Waals surface area contributed by atoms with Crippen molar-refractivity contribution >= 4 is 0 Å². The predicted octanol–water partition coefficient (Wildman–Crippen LogP) is -0.729. The molecule has 10 N–H and O–H groups in total. The number of hydrogen-bond donors (Lipinski definition) is 10. The van der Waals surface area contributed by atoms with E-state index in [-0.39, 0.29) is 84.3 Å². The number of nitrogens with zero attached hydrogens (tertiary/aromatic N) is 10. The Balaban J connectivity index is 0.000000181. The molecule has 0 bridgehead atoms. The van der Waals surface area contributed by atoms with Crippen molar-refractivity contribution < 1.29 is 84.3 Å². The first-order valence-electron chi connectivity index (χ1n) is 16.1. The molecule has 11 rings (SSSR count). The van der Waals surface area contributed by atoms with Crippen LogP contribution in [0.3, 0.4) is 0 Å². The third kappa shape index (κ3) is 12.6. The maximum atomic E-state index is 3.28. The first-order chi connectivity index (χ1) is 25.3. The summed E-state index contributed by atoms with van der Waals surface area (Å²) in [5, 5.41) is 49.8. The van der Waals surface area contributed by atoms with Gasteiger partial charge < -0.3 is 93.2 Å². The third-order valence-electron chi connectivity index (χ3n) is 7.69. The monoisotopic (exact) mass is 1470 g/mol. The second-order valence-corrected chi connectivity index (χ2v) is 10.9. The number of nitrogens with one attached hydrogen (secondary N) is 10. The Morgan fingerprint density at radius 2 is 0.491 bits per heavy atom. The van der Waals surface area contributed by atoms with E-state index in [9.17, 15) is 0 Å². The minimum Gasteiger partial charge on any atom is -0.519 e. The van der Waals surface area contributed by atoms with Gasteiger partial charge in [-0.25, -0.2) is 0 Å². The van der Waals surface area contributed by atoms with E-state index in [2.05, 4.69) is 75.6 Å². The summed E-state index contributed by atoms with van der Waals surface area (Å²) in [5.74, 6) is 0. The summed E-state index contributed by atoms with van der Waals surface area (Å²) < 4.78 is 0. The van der Waals surface area contributed by atoms with Crippen molar-refractivity contribution in [2.24, 2.45) is 0 Å². The molecule has 20 nitrogen and oxygen atoms in total. The molecule has 0 saturated carbocycles. The molecule has 0 aromatic rings. The van der Waals surface area contributed by atoms with Gasteiger partial charge >= 0.3 is 84.3 Å². The maximum Gasteiger partial charge on any atom is 2.00 e. The van der Waals surface area contributed by atoms with E-state index in [4.69, 9.17) is 0 Å². The molecule has 11 heterocycles. The molecule has 55 heavy (non-hydrogen) atoms. The Morgan fingerprint density at radius 1 is 0.291 bits per heavy atom. The molecule has 0 radical (unpaired) electrons. The van der Waals surface area contributed by atoms with Crippen LogP contribution in [0.15, 0.2) is 124 Å². The zero-order chi connectivity index (χ0) is 34.5. The predicted molar refractivity (Wildman–Crippen MR) is 188 cm³/mol. The fourth-order valence-corrected chi connectivity index (χ4v) is 5.26. The zero-order valence-electron chi connectivity index (χ0n) is 28.8. The standard InChI is InChI=1S/C7H10N4.4C6H8N4.4Pt/c1-3-10-6(8-1)5-7-9-2-4-11(7)10;4*1-3-9(5-7-1)10-4-2-8-6-10;;;;/h1-4,6-9H,5H2;4*1-8H;;;;/q;4*-2;4*+2. The van der Waals surface area contributed by atoms with E-state index in [0.29, 0.717) is 12.3 Å². The van der Waals surface area contributed by atoms with Crippen molar-refractivity contribution in [2.75, 3.05) is 0 Å². The van der Waals surface area contributed by atoms with Gasteiger partial charge in [0.05, 0.1) is 0 Å². The first kappa shape index (κ1) is 45.5. The first-order valence-corrected chi connectivity index (χ1v) is 16.1. The minimum atomic E-state index is 0. The molecule has 0 aromatic heterocycles. The van der Waals surface area contributed by atoms with Gasteiger partial charge in [-0.1, -0.05) is 0 Å². The van der Waals surface area contributed by atoms with Crippen molar-refractivity contribution in [1.29, 1.82) is 0 Å². The van der Waals surface area contributed by atoms with Gasteiger partial charge in [0.25, 0.3) is 0 Å². The topological polar surface area (TPSA) is 153 Å². The summed E-state index contributed by atoms with van der Waals surface area (Å²) in [6.45, 7) is 14.8. The van der Waals surface area contributed by atoms with Gasteiger partial charge in [0.1, 0.15) is 12.3 Å². The van der Waals surface area contributed by atoms with Gasteiger partial charge in [-0.05, 0) is 49.6 Å². The Labute approximate surface area is 380 Å². The summed E-state index contributed by atoms with van der Waals surface area (Å²) in [5.41, 5.74) is 0. The molecule has 24 heteroatoms. The van der Waals surface area contributed by atoms with Crippen LogP contribution >= 0.6 is 0 Å². The summed E-state index contributed by atoms with van der Waals surface area (Å²) in [4.78, 5) is 0. The third-order valence-corrected chi connectivity index (χ3v) is 7.69. The fraction of sp³-hybridized carbons (Fsp3) is 0.0968. The second-order valence-electron chi connectivity index (χ2n) is 10.9. The molecular formula is C31H42N20Pt4. The summed E-state index contributed by atoms with van der Waals surface area (Å²) in [6.07, 6.45) is 40.5. The molecule has 1 fully saturated rings. The Kier molecular flexibility index (Phi) is 19.8. The van der Waals surface area contributed by atoms with Gasteiger partial charge in [0.15, 0.2) is 0 Å². The van der Waals surface area contributed by atoms with E-state index >= 15 is 0 Å². The van der Waals surface area contributed by atoms with Crippen molar-refractivity contribution in [2.45, 2.75) is 18.8 Å². The number of rotatable bonds is 4. The van der Waals surface area contributed by atoms with E-state index in [1.54, 1.807) is 0 Å². The zero-order valence-corrected chi connectivity index (χ0v) is 37.9. The molecule has 0 amide bonds. The van der Waals surface area contributed by atoms with Crippen LogP contribution in [0.1, 0.15) is 6.42 Å². The van der Waals surface area contributed by atoms with Gasteiger partial charge in [-0.15, -0.1) is 53.3 Å². The van der Waals surface area contributed by atoms with Crippen LogP contribution in [0, 0.1) is 53.3 Å². The van der Waals surface area contributed by atoms with Crippen LogP contribution < -0.4 is 53.2 Å². The van der Waals surface area contributed by atoms with Gasteiger partial charge in [-0.2, -0.15) is 0 Å². The molecule has 0 aromatic carbocycles. The average molecular weight is 1480 g/mol. The smallest absolute Gasteiger partial charge is 0.519 e. The number of hydrazine groups is 5. The van der Waals surface area contributed by atoms with Gasteiger partial charge in [-0.3, -0.25) is 10.0 Å². The molecule has 306 valence electrons. The molecule has 11 aliphatic rings. The van der Waals surface area contributed by atoms with Gasteiger partial charge in [0.2, 0.25) is 0 Å². The minimum absolute atomic E-state index is 0. The Morgan fingerprint density at radius 3 is 0.655 bits per heavy atom. The molecular weight excluding hydrogens is 1430 g/mol. The molecule has 2 atom stereocenters. The van der Waals surface area contributed by atoms with E-state index in [0.717, 1.165) is 6.42 Å². The quantitative estimate of drug-likeness (QED) is 0.161. The molecule has 2 unspecified atom stereocenters. The van der Waals surface area contributed by atoms with Crippen molar-refractivity contribution in [3.63, 3.8) is 0 Å². The largest absolute Gasteiger partial charge is 2.00 e. The second kappa shape index (κ2) is 23.9. The van der Waals surface area contributed by atoms with E-state index in [1.807, 2.05) is 205 Å². The normalized spacial score (nSPS) is 23.1. The van der Waals surface area contributed by atoms with Crippen LogP contribution in [-0.2, 0) is 84.3 Å². The van der Waals surface area contributed by atoms with Crippen LogP contribution in [-0.4, -0.2) is 62.4 Å². The van der Waals surface area contributed by atoms with E-state index < -0.39 is 0 Å². The van der Waals surface area contributed by atoms with Crippen molar-refractivity contribution in [3.05, 3.63) is 177 Å². The van der Waals surface area contributed by atoms with Crippen LogP contribution in [0.25, 0.3) is 0 Å². The average Bonchev–Trinajstić information content (AvgIpc) is 4.02. The van der Waals surface area contributed by atoms with Gasteiger partial charge in [0, 0.05) is 80.8 Å². The SMILES string of the molecule is C1=CN(N2C=CN[CH-]2)[CH-]N1.C1=CN(N2C=CN[CH-]2)[CH-]N1.C1=CN(N2C=CN[CH-]2)[CH-]N1.C1=CN(N2C=CN[CH-]2)[CH-]N1.C1=CN2C(CC3NC=CN32)N1.[Pt+2].[Pt+2].[Pt+2].[Pt+2]. The van der Waals surface area contributed by atoms with Crippen LogP contribution in [0.2, 0.25) is 0 Å². The molecule has 0 spiro atoms. The number of fused-ring (bicyclic) bond motifs is 3. The number of hydrogen-bond acceptors (Lipinski definition) is 20. The Bertz CT molecular complexity index is 1180. The summed E-state index contributed by atoms with van der Waals surface area (Å²) in [7, 11) is 0. The van der Waals surface area contributed by atoms with E-state index in [1.165, 1.54) is 0 Å². The van der Waals surface area contributed by atoms with Crippen LogP contribution in [0.4, 0.5) is 0 Å². The maximum absolute atomic E-state index is 3.28. The molecule has 1 saturated heterocycles. The van der Waals surface area contributed by atoms with Crippen molar-refractivity contribution in [3.8, 4) is 0 Å². The fourth-order valence-electron chi connectivity index (χ4n) is 5.26. The summed E-state index contributed by atoms with van der Waals surface area (Å²) in [6, 6.07) is 0. The molecule has 11 aliphatic heterocycles. The molecule has 0 aliphatic carbocycles. The Hall–Kier alpha value is -3.85. The summed E-state index contributed by atoms with van der Waals surface area (Å²) >= 11 is 0.